The van der Waals surface area contributed by atoms with Crippen LogP contribution in [0.4, 0.5) is 10.1 Å². The van der Waals surface area contributed by atoms with Crippen LogP contribution in [0.25, 0.3) is 0 Å². The molecule has 0 aliphatic carbocycles. The van der Waals surface area contributed by atoms with Crippen LogP contribution < -0.4 is 10.6 Å². The number of imide groups is 1. The lowest BCUT2D eigenvalue weighted by atomic mass is 10.00. The number of amides is 2. The first kappa shape index (κ1) is 12.7. The van der Waals surface area contributed by atoms with Crippen molar-refractivity contribution in [3.8, 4) is 0 Å². The van der Waals surface area contributed by atoms with Crippen molar-refractivity contribution in [3.05, 3.63) is 29.6 Å². The summed E-state index contributed by atoms with van der Waals surface area (Å²) in [6.07, 6.45) is 0. The van der Waals surface area contributed by atoms with Crippen LogP contribution >= 0.6 is 0 Å². The molecule has 0 aromatic heterocycles. The quantitative estimate of drug-likeness (QED) is 0.808. The second-order valence-electron chi connectivity index (χ2n) is 4.57. The maximum Gasteiger partial charge on any atom is 0.237 e. The van der Waals surface area contributed by atoms with Crippen molar-refractivity contribution >= 4 is 17.5 Å². The van der Waals surface area contributed by atoms with Gasteiger partial charge in [0.25, 0.3) is 0 Å². The Balaban J connectivity index is 2.49. The molecule has 2 rings (SSSR count). The lowest BCUT2D eigenvalue weighted by Gasteiger charge is -2.18. The number of nitrogens with zero attached hydrogens (tertiary/aromatic N) is 1. The topological polar surface area (TPSA) is 63.4 Å². The third kappa shape index (κ3) is 1.80. The van der Waals surface area contributed by atoms with Crippen LogP contribution in [-0.2, 0) is 16.1 Å². The lowest BCUT2D eigenvalue weighted by Crippen LogP contribution is -2.31. The zero-order valence-corrected chi connectivity index (χ0v) is 10.3. The minimum Gasteiger partial charge on any atom is -0.326 e. The van der Waals surface area contributed by atoms with E-state index in [4.69, 9.17) is 5.73 Å². The first-order valence-electron chi connectivity index (χ1n) is 5.83. The Bertz CT molecular complexity index is 496. The van der Waals surface area contributed by atoms with Crippen LogP contribution in [0.5, 0.6) is 0 Å². The molecule has 0 spiro atoms. The number of rotatable bonds is 2. The van der Waals surface area contributed by atoms with Gasteiger partial charge in [-0.1, -0.05) is 13.8 Å². The number of anilines is 1. The van der Waals surface area contributed by atoms with Gasteiger partial charge in [0.15, 0.2) is 0 Å². The molecule has 1 fully saturated rings. The van der Waals surface area contributed by atoms with Gasteiger partial charge in [0.2, 0.25) is 11.8 Å². The fourth-order valence-electron chi connectivity index (χ4n) is 2.12. The van der Waals surface area contributed by atoms with Crippen molar-refractivity contribution in [1.82, 2.24) is 0 Å². The SMILES string of the molecule is CC1C(=O)N(c2ccc(F)cc2CN)C(=O)C1C. The molecule has 1 saturated heterocycles. The monoisotopic (exact) mass is 250 g/mol. The molecule has 2 N–H and O–H groups in total. The molecule has 0 bridgehead atoms. The third-order valence-electron chi connectivity index (χ3n) is 3.47. The summed E-state index contributed by atoms with van der Waals surface area (Å²) in [5.41, 5.74) is 6.38. The fraction of sp³-hybridized carbons (Fsp3) is 0.385. The zero-order valence-electron chi connectivity index (χ0n) is 10.3. The van der Waals surface area contributed by atoms with Crippen LogP contribution in [0.1, 0.15) is 19.4 Å². The van der Waals surface area contributed by atoms with E-state index in [0.29, 0.717) is 11.3 Å². The highest BCUT2D eigenvalue weighted by Gasteiger charge is 2.43. The highest BCUT2D eigenvalue weighted by atomic mass is 19.1. The van der Waals surface area contributed by atoms with E-state index in [-0.39, 0.29) is 30.2 Å². The molecule has 2 atom stereocenters. The summed E-state index contributed by atoms with van der Waals surface area (Å²) in [6.45, 7) is 3.51. The van der Waals surface area contributed by atoms with E-state index in [1.54, 1.807) is 13.8 Å². The highest BCUT2D eigenvalue weighted by molar-refractivity contribution is 6.22. The van der Waals surface area contributed by atoms with Crippen LogP contribution in [0.15, 0.2) is 18.2 Å². The first-order valence-corrected chi connectivity index (χ1v) is 5.83. The Labute approximate surface area is 105 Å². The minimum atomic E-state index is -0.431. The van der Waals surface area contributed by atoms with Crippen molar-refractivity contribution in [3.63, 3.8) is 0 Å². The molecule has 1 aromatic carbocycles. The molecule has 0 radical (unpaired) electrons. The maximum absolute atomic E-state index is 13.1. The van der Waals surface area contributed by atoms with Crippen LogP contribution in [0, 0.1) is 17.7 Å². The first-order chi connectivity index (χ1) is 8.47. The van der Waals surface area contributed by atoms with Gasteiger partial charge in [0.05, 0.1) is 5.69 Å². The van der Waals surface area contributed by atoms with E-state index in [2.05, 4.69) is 0 Å². The Hall–Kier alpha value is -1.75. The largest absolute Gasteiger partial charge is 0.326 e. The van der Waals surface area contributed by atoms with Crippen LogP contribution in [0.3, 0.4) is 0 Å². The minimum absolute atomic E-state index is 0.0763. The predicted molar refractivity (Wildman–Crippen MR) is 65.1 cm³/mol. The number of hydrogen-bond acceptors (Lipinski definition) is 3. The number of hydrogen-bond donors (Lipinski definition) is 1. The molecule has 1 heterocycles. The predicted octanol–water partition coefficient (Wildman–Crippen LogP) is 1.43. The summed E-state index contributed by atoms with van der Waals surface area (Å²) in [7, 11) is 0. The zero-order chi connectivity index (χ0) is 13.4. The normalized spacial score (nSPS) is 23.9. The van der Waals surface area contributed by atoms with Gasteiger partial charge in [0, 0.05) is 18.4 Å². The van der Waals surface area contributed by atoms with Crippen molar-refractivity contribution < 1.29 is 14.0 Å². The maximum atomic E-state index is 13.1. The average molecular weight is 250 g/mol. The molecule has 1 aromatic rings. The number of nitrogens with two attached hydrogens (primary N) is 1. The Morgan fingerprint density at radius 3 is 2.28 bits per heavy atom. The molecule has 96 valence electrons. The average Bonchev–Trinajstić information content (AvgIpc) is 2.55. The van der Waals surface area contributed by atoms with E-state index < -0.39 is 5.82 Å². The van der Waals surface area contributed by atoms with Gasteiger partial charge in [-0.15, -0.1) is 0 Å². The number of carbonyl (C=O) groups excluding carboxylic acids is 2. The third-order valence-corrected chi connectivity index (χ3v) is 3.47. The molecule has 2 unspecified atom stereocenters. The summed E-state index contributed by atoms with van der Waals surface area (Å²) < 4.78 is 13.1. The molecule has 1 aliphatic rings. The molecule has 5 heteroatoms. The van der Waals surface area contributed by atoms with Gasteiger partial charge >= 0.3 is 0 Å². The molecule has 0 saturated carbocycles. The van der Waals surface area contributed by atoms with Crippen molar-refractivity contribution in [2.75, 3.05) is 4.90 Å². The molecular weight excluding hydrogens is 235 g/mol. The van der Waals surface area contributed by atoms with Crippen molar-refractivity contribution in [1.29, 1.82) is 0 Å². The van der Waals surface area contributed by atoms with Crippen LogP contribution in [-0.4, -0.2) is 11.8 Å². The Kier molecular flexibility index (Phi) is 3.17. The highest BCUT2D eigenvalue weighted by Crippen LogP contribution is 2.32. The standard InChI is InChI=1S/C13H15FN2O2/c1-7-8(2)13(18)16(12(7)17)11-4-3-10(14)5-9(11)6-15/h3-5,7-8H,6,15H2,1-2H3. The molecule has 18 heavy (non-hydrogen) atoms. The second-order valence-corrected chi connectivity index (χ2v) is 4.57. The molecule has 4 nitrogen and oxygen atoms in total. The summed E-state index contributed by atoms with van der Waals surface area (Å²) >= 11 is 0. The fourth-order valence-corrected chi connectivity index (χ4v) is 2.12. The van der Waals surface area contributed by atoms with E-state index >= 15 is 0 Å². The van der Waals surface area contributed by atoms with E-state index in [9.17, 15) is 14.0 Å². The molecule has 2 amide bonds. The summed E-state index contributed by atoms with van der Waals surface area (Å²) in [6, 6.07) is 3.91. The van der Waals surface area contributed by atoms with Crippen molar-refractivity contribution in [2.45, 2.75) is 20.4 Å². The van der Waals surface area contributed by atoms with Gasteiger partial charge in [-0.3, -0.25) is 9.59 Å². The number of carbonyl (C=O) groups is 2. The number of halogens is 1. The van der Waals surface area contributed by atoms with Crippen molar-refractivity contribution in [2.24, 2.45) is 17.6 Å². The summed E-state index contributed by atoms with van der Waals surface area (Å²) in [4.78, 5) is 25.2. The van der Waals surface area contributed by atoms with Crippen LogP contribution in [0.2, 0.25) is 0 Å². The smallest absolute Gasteiger partial charge is 0.237 e. The van der Waals surface area contributed by atoms with E-state index in [0.717, 1.165) is 4.90 Å². The Morgan fingerprint density at radius 2 is 1.78 bits per heavy atom. The van der Waals surface area contributed by atoms with Gasteiger partial charge in [-0.05, 0) is 23.8 Å². The number of benzene rings is 1. The van der Waals surface area contributed by atoms with E-state index in [1.165, 1.54) is 18.2 Å². The van der Waals surface area contributed by atoms with Gasteiger partial charge in [-0.2, -0.15) is 0 Å². The molecular formula is C13H15FN2O2. The Morgan fingerprint density at radius 1 is 1.22 bits per heavy atom. The van der Waals surface area contributed by atoms with Gasteiger partial charge < -0.3 is 5.73 Å². The van der Waals surface area contributed by atoms with Gasteiger partial charge in [0.1, 0.15) is 5.82 Å². The second kappa shape index (κ2) is 4.49. The summed E-state index contributed by atoms with van der Waals surface area (Å²) in [5.74, 6) is -1.65. The van der Waals surface area contributed by atoms with E-state index in [1.807, 2.05) is 0 Å². The summed E-state index contributed by atoms with van der Waals surface area (Å²) in [5, 5.41) is 0. The molecule has 1 aliphatic heterocycles. The van der Waals surface area contributed by atoms with Gasteiger partial charge in [-0.25, -0.2) is 9.29 Å². The lowest BCUT2D eigenvalue weighted by molar-refractivity contribution is -0.122.